The summed E-state index contributed by atoms with van der Waals surface area (Å²) in [5.41, 5.74) is 0. The molecule has 8 nitrogen and oxygen atoms in total. The lowest BCUT2D eigenvalue weighted by Crippen LogP contribution is -2.45. The average molecular weight is 899 g/mol. The summed E-state index contributed by atoms with van der Waals surface area (Å²) < 4.78 is 23.2. The first-order valence-corrected chi connectivity index (χ1v) is 26.6. The van der Waals surface area contributed by atoms with E-state index in [1.54, 1.807) is 6.08 Å². The molecule has 0 heterocycles. The Morgan fingerprint density at radius 2 is 0.984 bits per heavy atom. The van der Waals surface area contributed by atoms with Crippen LogP contribution >= 0.6 is 7.82 Å². The van der Waals surface area contributed by atoms with Crippen LogP contribution < -0.4 is 10.2 Å². The summed E-state index contributed by atoms with van der Waals surface area (Å²) in [5, 5.41) is 13.7. The molecule has 2 N–H and O–H groups in total. The van der Waals surface area contributed by atoms with Gasteiger partial charge in [0.25, 0.3) is 7.82 Å². The first-order valence-electron chi connectivity index (χ1n) is 25.1. The molecule has 0 aromatic heterocycles. The van der Waals surface area contributed by atoms with Gasteiger partial charge in [-0.25, -0.2) is 0 Å². The predicted molar refractivity (Wildman–Crippen MR) is 269 cm³/mol. The maximum atomic E-state index is 12.9. The average Bonchev–Trinajstić information content (AvgIpc) is 3.24. The summed E-state index contributed by atoms with van der Waals surface area (Å²) in [6.07, 6.45) is 63.5. The topological polar surface area (TPSA) is 108 Å². The molecule has 0 aliphatic heterocycles. The van der Waals surface area contributed by atoms with Gasteiger partial charge in [-0.1, -0.05) is 207 Å². The number of carbonyl (C=O) groups is 1. The van der Waals surface area contributed by atoms with Crippen LogP contribution in [-0.2, 0) is 18.4 Å². The van der Waals surface area contributed by atoms with E-state index in [0.29, 0.717) is 17.4 Å². The Balaban J connectivity index is 4.51. The minimum atomic E-state index is -4.63. The number of rotatable bonds is 44. The van der Waals surface area contributed by atoms with Crippen molar-refractivity contribution in [2.24, 2.45) is 0 Å². The highest BCUT2D eigenvalue weighted by Crippen LogP contribution is 2.38. The van der Waals surface area contributed by atoms with Gasteiger partial charge in [-0.15, -0.1) is 0 Å². The van der Waals surface area contributed by atoms with E-state index in [2.05, 4.69) is 92.1 Å². The number of nitrogens with one attached hydrogen (secondary N) is 1. The Bertz CT molecular complexity index is 1340. The van der Waals surface area contributed by atoms with E-state index in [1.165, 1.54) is 103 Å². The summed E-state index contributed by atoms with van der Waals surface area (Å²) in [6.45, 7) is 4.45. The van der Waals surface area contributed by atoms with E-state index >= 15 is 0 Å². The zero-order valence-corrected chi connectivity index (χ0v) is 41.9. The number of quaternary nitrogens is 1. The van der Waals surface area contributed by atoms with Crippen LogP contribution in [0.3, 0.4) is 0 Å². The summed E-state index contributed by atoms with van der Waals surface area (Å²) in [4.78, 5) is 25.3. The normalized spacial score (nSPS) is 15.0. The number of unbranched alkanes of at least 4 members (excludes halogenated alkanes) is 17. The molecule has 0 saturated carbocycles. The number of amides is 1. The second kappa shape index (κ2) is 44.6. The highest BCUT2D eigenvalue weighted by atomic mass is 31.2. The van der Waals surface area contributed by atoms with Gasteiger partial charge in [0.05, 0.1) is 39.9 Å². The molecule has 3 atom stereocenters. The fourth-order valence-corrected chi connectivity index (χ4v) is 7.33. The largest absolute Gasteiger partial charge is 0.756 e. The molecule has 0 radical (unpaired) electrons. The van der Waals surface area contributed by atoms with Gasteiger partial charge >= 0.3 is 0 Å². The van der Waals surface area contributed by atoms with Crippen LogP contribution in [0.1, 0.15) is 187 Å². The third-order valence-corrected chi connectivity index (χ3v) is 11.5. The molecule has 63 heavy (non-hydrogen) atoms. The second-order valence-electron chi connectivity index (χ2n) is 17.8. The van der Waals surface area contributed by atoms with E-state index < -0.39 is 26.6 Å². The molecular formula is C54H95N2O6P. The van der Waals surface area contributed by atoms with Gasteiger partial charge in [-0.2, -0.15) is 0 Å². The van der Waals surface area contributed by atoms with Crippen LogP contribution in [0.4, 0.5) is 0 Å². The van der Waals surface area contributed by atoms with E-state index in [-0.39, 0.29) is 18.9 Å². The number of hydrogen-bond donors (Lipinski definition) is 2. The first-order chi connectivity index (χ1) is 30.5. The molecule has 9 heteroatoms. The molecule has 3 unspecified atom stereocenters. The van der Waals surface area contributed by atoms with Crippen molar-refractivity contribution < 1.29 is 32.9 Å². The number of phosphoric ester groups is 1. The Labute approximate surface area is 388 Å². The molecule has 0 bridgehead atoms. The van der Waals surface area contributed by atoms with Crippen molar-refractivity contribution in [1.29, 1.82) is 0 Å². The molecule has 362 valence electrons. The van der Waals surface area contributed by atoms with E-state index in [9.17, 15) is 19.4 Å². The van der Waals surface area contributed by atoms with E-state index in [4.69, 9.17) is 9.05 Å². The Kier molecular flexibility index (Phi) is 42.8. The van der Waals surface area contributed by atoms with Gasteiger partial charge in [0.15, 0.2) is 0 Å². The zero-order valence-electron chi connectivity index (χ0n) is 41.0. The van der Waals surface area contributed by atoms with Crippen molar-refractivity contribution in [3.05, 3.63) is 97.2 Å². The number of likely N-dealkylation sites (N-methyl/N-ethyl adjacent to an activating group) is 1. The smallest absolute Gasteiger partial charge is 0.268 e. The standard InChI is InChI=1S/C54H95N2O6P/c1-6-8-10-12-14-16-18-20-22-24-26-27-28-30-31-33-35-37-39-41-43-45-47-53(57)52(51-62-63(59,60)61-50-49-56(3,4)5)55-54(58)48-46-44-42-40-38-36-34-32-29-25-23-21-19-17-15-13-11-9-7-2/h9,11,15,17,21,23,29,32,36-39,42,44-45,47,52-53,57H,6-8,10,12-14,16,18-20,22,24-28,30-31,33-35,40-41,43,46,48-51H2,1-5H3,(H-,55,58,59,60)/b11-9-,17-15-,23-21-,32-29-,38-36-,39-37+,44-42-,47-45+. The highest BCUT2D eigenvalue weighted by molar-refractivity contribution is 7.45. The molecule has 0 aliphatic rings. The van der Waals surface area contributed by atoms with Gasteiger partial charge in [-0.3, -0.25) is 9.36 Å². The summed E-state index contributed by atoms with van der Waals surface area (Å²) in [7, 11) is 1.18. The second-order valence-corrected chi connectivity index (χ2v) is 19.2. The maximum Gasteiger partial charge on any atom is 0.268 e. The minimum absolute atomic E-state index is 0.0251. The van der Waals surface area contributed by atoms with Gasteiger partial charge in [0, 0.05) is 6.42 Å². The highest BCUT2D eigenvalue weighted by Gasteiger charge is 2.23. The van der Waals surface area contributed by atoms with Crippen LogP contribution in [0.2, 0.25) is 0 Å². The molecule has 0 rings (SSSR count). The molecular weight excluding hydrogens is 804 g/mol. The number of carbonyl (C=O) groups excluding carboxylic acids is 1. The molecule has 1 amide bonds. The minimum Gasteiger partial charge on any atom is -0.756 e. The van der Waals surface area contributed by atoms with Crippen molar-refractivity contribution >= 4 is 13.7 Å². The fourth-order valence-electron chi connectivity index (χ4n) is 6.60. The Hall–Kier alpha value is -2.58. The maximum absolute atomic E-state index is 12.9. The number of aliphatic hydroxyl groups is 1. The van der Waals surface area contributed by atoms with Crippen molar-refractivity contribution in [3.63, 3.8) is 0 Å². The van der Waals surface area contributed by atoms with Gasteiger partial charge in [0.1, 0.15) is 13.2 Å². The number of phosphoric acid groups is 1. The molecule has 0 aromatic carbocycles. The lowest BCUT2D eigenvalue weighted by atomic mass is 10.0. The number of nitrogens with zero attached hydrogens (tertiary/aromatic N) is 1. The van der Waals surface area contributed by atoms with E-state index in [1.807, 2.05) is 39.4 Å². The van der Waals surface area contributed by atoms with Crippen molar-refractivity contribution in [1.82, 2.24) is 5.32 Å². The molecule has 0 aromatic rings. The van der Waals surface area contributed by atoms with Gasteiger partial charge < -0.3 is 28.8 Å². The van der Waals surface area contributed by atoms with Crippen LogP contribution in [0, 0.1) is 0 Å². The molecule has 0 spiro atoms. The number of aliphatic hydroxyl groups excluding tert-OH is 1. The van der Waals surface area contributed by atoms with Crippen molar-refractivity contribution in [2.75, 3.05) is 40.9 Å². The van der Waals surface area contributed by atoms with E-state index in [0.717, 1.165) is 57.8 Å². The van der Waals surface area contributed by atoms with Gasteiger partial charge in [0.2, 0.25) is 5.91 Å². The first kappa shape index (κ1) is 60.4. The lowest BCUT2D eigenvalue weighted by Gasteiger charge is -2.29. The van der Waals surface area contributed by atoms with Crippen LogP contribution in [-0.4, -0.2) is 68.5 Å². The monoisotopic (exact) mass is 899 g/mol. The van der Waals surface area contributed by atoms with Crippen molar-refractivity contribution in [2.45, 2.75) is 199 Å². The van der Waals surface area contributed by atoms with Crippen LogP contribution in [0.15, 0.2) is 97.2 Å². The molecule has 0 aliphatic carbocycles. The molecule has 0 fully saturated rings. The van der Waals surface area contributed by atoms with Crippen molar-refractivity contribution in [3.8, 4) is 0 Å². The summed E-state index contributed by atoms with van der Waals surface area (Å²) in [5.74, 6) is -0.292. The van der Waals surface area contributed by atoms with Crippen LogP contribution in [0.25, 0.3) is 0 Å². The number of allylic oxidation sites excluding steroid dienone is 15. The lowest BCUT2D eigenvalue weighted by molar-refractivity contribution is -0.870. The summed E-state index contributed by atoms with van der Waals surface area (Å²) in [6, 6.07) is -0.950. The SMILES string of the molecule is CC/C=C\C/C=C\C/C=C\C/C=C\C/C=C\C/C=C\CCC(=O)NC(COP(=O)([O-])OCC[N+](C)(C)C)C(O)/C=C/CC/C=C/CCCCCCCCCCCCCCCCCC. The number of hydrogen-bond acceptors (Lipinski definition) is 6. The summed E-state index contributed by atoms with van der Waals surface area (Å²) >= 11 is 0. The fraction of sp³-hybridized carbons (Fsp3) is 0.685. The molecule has 0 saturated heterocycles. The predicted octanol–water partition coefficient (Wildman–Crippen LogP) is 14.1. The third kappa shape index (κ3) is 47.2. The Morgan fingerprint density at radius 1 is 0.571 bits per heavy atom. The van der Waals surface area contributed by atoms with Crippen LogP contribution in [0.5, 0.6) is 0 Å². The van der Waals surface area contributed by atoms with Gasteiger partial charge in [-0.05, 0) is 70.6 Å². The quantitative estimate of drug-likeness (QED) is 0.0273. The Morgan fingerprint density at radius 3 is 1.46 bits per heavy atom. The third-order valence-electron chi connectivity index (χ3n) is 10.5. The zero-order chi connectivity index (χ0) is 46.4.